The van der Waals surface area contributed by atoms with Crippen LogP contribution >= 0.6 is 22.9 Å². The van der Waals surface area contributed by atoms with Crippen LogP contribution in [0.4, 0.5) is 5.13 Å². The molecule has 0 aliphatic heterocycles. The lowest BCUT2D eigenvalue weighted by atomic mass is 10.2. The molecule has 30 heavy (non-hydrogen) atoms. The Balaban J connectivity index is 1.46. The van der Waals surface area contributed by atoms with Gasteiger partial charge in [0.05, 0.1) is 16.3 Å². The van der Waals surface area contributed by atoms with Crippen LogP contribution in [-0.2, 0) is 14.6 Å². The van der Waals surface area contributed by atoms with Crippen molar-refractivity contribution in [1.82, 2.24) is 15.2 Å². The molecule has 4 aromatic rings. The molecular weight excluding hydrogens is 448 g/mol. The fourth-order valence-corrected chi connectivity index (χ4v) is 4.41. The van der Waals surface area contributed by atoms with Gasteiger partial charge in [0.25, 0.3) is 0 Å². The van der Waals surface area contributed by atoms with Gasteiger partial charge in [-0.3, -0.25) is 4.79 Å². The second-order valence-corrected chi connectivity index (χ2v) is 9.20. The molecule has 8 nitrogen and oxygen atoms in total. The highest BCUT2D eigenvalue weighted by atomic mass is 35.5. The monoisotopic (exact) mass is 460 g/mol. The van der Waals surface area contributed by atoms with Gasteiger partial charge in [-0.05, 0) is 12.1 Å². The number of halogens is 1. The summed E-state index contributed by atoms with van der Waals surface area (Å²) >= 11 is 7.25. The van der Waals surface area contributed by atoms with E-state index in [1.807, 2.05) is 30.3 Å². The van der Waals surface area contributed by atoms with Crippen LogP contribution in [0.2, 0.25) is 5.02 Å². The molecule has 0 saturated carbocycles. The first-order valence-corrected chi connectivity index (χ1v) is 11.5. The maximum absolute atomic E-state index is 12.5. The van der Waals surface area contributed by atoms with Crippen LogP contribution in [0.3, 0.4) is 0 Å². The molecule has 152 valence electrons. The summed E-state index contributed by atoms with van der Waals surface area (Å²) in [5, 5.41) is 11.5. The summed E-state index contributed by atoms with van der Waals surface area (Å²) in [7, 11) is -4.14. The topological polar surface area (TPSA) is 115 Å². The minimum atomic E-state index is -4.14. The predicted molar refractivity (Wildman–Crippen MR) is 113 cm³/mol. The van der Waals surface area contributed by atoms with Gasteiger partial charge in [-0.1, -0.05) is 59.2 Å². The third kappa shape index (κ3) is 4.40. The SMILES string of the molecule is O=C(CS(=O)(=O)c1nnc(-c2ccccc2Cl)o1)Nc1nc(-c2ccccc2)cs1. The van der Waals surface area contributed by atoms with E-state index >= 15 is 0 Å². The smallest absolute Gasteiger partial charge is 0.336 e. The number of hydrogen-bond acceptors (Lipinski definition) is 8. The van der Waals surface area contributed by atoms with Crippen molar-refractivity contribution < 1.29 is 17.6 Å². The first-order valence-electron chi connectivity index (χ1n) is 8.54. The largest absolute Gasteiger partial charge is 0.408 e. The molecule has 0 unspecified atom stereocenters. The van der Waals surface area contributed by atoms with Gasteiger partial charge in [0.15, 0.2) is 5.13 Å². The van der Waals surface area contributed by atoms with Gasteiger partial charge in [0, 0.05) is 10.9 Å². The van der Waals surface area contributed by atoms with Crippen molar-refractivity contribution in [3.8, 4) is 22.7 Å². The van der Waals surface area contributed by atoms with Crippen molar-refractivity contribution >= 4 is 43.8 Å². The second-order valence-electron chi connectivity index (χ2n) is 6.06. The van der Waals surface area contributed by atoms with Crippen LogP contribution in [0.1, 0.15) is 0 Å². The maximum Gasteiger partial charge on any atom is 0.336 e. The van der Waals surface area contributed by atoms with Gasteiger partial charge in [-0.2, -0.15) is 0 Å². The molecule has 4 rings (SSSR count). The van der Waals surface area contributed by atoms with E-state index in [0.29, 0.717) is 16.3 Å². The number of carbonyl (C=O) groups excluding carboxylic acids is 1. The van der Waals surface area contributed by atoms with E-state index in [1.165, 1.54) is 11.3 Å². The summed E-state index contributed by atoms with van der Waals surface area (Å²) in [5.41, 5.74) is 1.97. The number of carbonyl (C=O) groups is 1. The zero-order valence-corrected chi connectivity index (χ0v) is 17.5. The number of amides is 1. The molecule has 2 aromatic heterocycles. The van der Waals surface area contributed by atoms with Gasteiger partial charge < -0.3 is 9.73 Å². The number of nitrogens with zero attached hydrogens (tertiary/aromatic N) is 3. The maximum atomic E-state index is 12.5. The summed E-state index contributed by atoms with van der Waals surface area (Å²) in [6.45, 7) is 0. The molecule has 0 atom stereocenters. The normalized spacial score (nSPS) is 11.4. The molecule has 0 spiro atoms. The Morgan fingerprint density at radius 1 is 1.07 bits per heavy atom. The molecular formula is C19H13ClN4O4S2. The average molecular weight is 461 g/mol. The minimum absolute atomic E-state index is 0.0491. The molecule has 2 heterocycles. The van der Waals surface area contributed by atoms with Crippen LogP contribution in [0.5, 0.6) is 0 Å². The standard InChI is InChI=1S/C19H13ClN4O4S2/c20-14-9-5-4-8-13(14)17-23-24-19(28-17)30(26,27)11-16(25)22-18-21-15(10-29-18)12-6-2-1-3-7-12/h1-10H,11H2,(H,21,22,25). The van der Waals surface area contributed by atoms with Crippen LogP contribution in [0.15, 0.2) is 69.6 Å². The molecule has 0 bridgehead atoms. The predicted octanol–water partition coefficient (Wildman–Crippen LogP) is 3.93. The first kappa shape index (κ1) is 20.2. The Hall–Kier alpha value is -3.08. The number of rotatable bonds is 6. The van der Waals surface area contributed by atoms with Crippen molar-refractivity contribution in [1.29, 1.82) is 0 Å². The second kappa shape index (κ2) is 8.34. The van der Waals surface area contributed by atoms with Crippen molar-refractivity contribution in [2.45, 2.75) is 5.22 Å². The molecule has 11 heteroatoms. The molecule has 0 aliphatic rings. The van der Waals surface area contributed by atoms with Gasteiger partial charge in [0.1, 0.15) is 5.75 Å². The Bertz CT molecular complexity index is 1300. The van der Waals surface area contributed by atoms with Crippen LogP contribution in [0.25, 0.3) is 22.7 Å². The van der Waals surface area contributed by atoms with Gasteiger partial charge in [-0.25, -0.2) is 13.4 Å². The van der Waals surface area contributed by atoms with Crippen LogP contribution in [0, 0.1) is 0 Å². The number of hydrogen-bond donors (Lipinski definition) is 1. The van der Waals surface area contributed by atoms with Crippen LogP contribution < -0.4 is 5.32 Å². The quantitative estimate of drug-likeness (QED) is 0.463. The number of thiazole rings is 1. The fourth-order valence-electron chi connectivity index (χ4n) is 2.54. The van der Waals surface area contributed by atoms with E-state index in [4.69, 9.17) is 16.0 Å². The van der Waals surface area contributed by atoms with Crippen LogP contribution in [-0.4, -0.2) is 35.3 Å². The highest BCUT2D eigenvalue weighted by Crippen LogP contribution is 2.28. The summed E-state index contributed by atoms with van der Waals surface area (Å²) < 4.78 is 30.2. The van der Waals surface area contributed by atoms with E-state index in [1.54, 1.807) is 29.6 Å². The lowest BCUT2D eigenvalue weighted by Crippen LogP contribution is -2.23. The summed E-state index contributed by atoms with van der Waals surface area (Å²) in [6, 6.07) is 16.1. The fraction of sp³-hybridized carbons (Fsp3) is 0.0526. The van der Waals surface area contributed by atoms with Crippen molar-refractivity contribution in [3.63, 3.8) is 0 Å². The number of benzene rings is 2. The molecule has 1 amide bonds. The Kier molecular flexibility index (Phi) is 5.62. The van der Waals surface area contributed by atoms with Gasteiger partial charge >= 0.3 is 5.22 Å². The van der Waals surface area contributed by atoms with Crippen molar-refractivity contribution in [2.75, 3.05) is 11.1 Å². The van der Waals surface area contributed by atoms with Gasteiger partial charge in [-0.15, -0.1) is 16.4 Å². The zero-order chi connectivity index (χ0) is 21.1. The van der Waals surface area contributed by atoms with E-state index in [2.05, 4.69) is 20.5 Å². The molecule has 0 aliphatic carbocycles. The summed E-state index contributed by atoms with van der Waals surface area (Å²) in [4.78, 5) is 16.5. The minimum Gasteiger partial charge on any atom is -0.408 e. The number of nitrogens with one attached hydrogen (secondary N) is 1. The van der Waals surface area contributed by atoms with E-state index in [0.717, 1.165) is 5.56 Å². The molecule has 2 aromatic carbocycles. The molecule has 0 saturated heterocycles. The zero-order valence-electron chi connectivity index (χ0n) is 15.1. The third-order valence-corrected chi connectivity index (χ3v) is 6.34. The number of sulfone groups is 1. The Labute approximate surface area is 180 Å². The van der Waals surface area contributed by atoms with Crippen molar-refractivity contribution in [2.24, 2.45) is 0 Å². The Morgan fingerprint density at radius 2 is 1.80 bits per heavy atom. The molecule has 1 N–H and O–H groups in total. The molecule has 0 fully saturated rings. The van der Waals surface area contributed by atoms with E-state index in [9.17, 15) is 13.2 Å². The highest BCUT2D eigenvalue weighted by Gasteiger charge is 2.27. The van der Waals surface area contributed by atoms with E-state index in [-0.39, 0.29) is 11.0 Å². The summed E-state index contributed by atoms with van der Waals surface area (Å²) in [6.07, 6.45) is 0. The van der Waals surface area contributed by atoms with Crippen molar-refractivity contribution in [3.05, 3.63) is 65.0 Å². The van der Waals surface area contributed by atoms with E-state index < -0.39 is 26.7 Å². The lowest BCUT2D eigenvalue weighted by molar-refractivity contribution is -0.113. The number of anilines is 1. The molecule has 0 radical (unpaired) electrons. The highest BCUT2D eigenvalue weighted by molar-refractivity contribution is 7.91. The Morgan fingerprint density at radius 3 is 2.57 bits per heavy atom. The number of aromatic nitrogens is 3. The lowest BCUT2D eigenvalue weighted by Gasteiger charge is -2.01. The average Bonchev–Trinajstić information content (AvgIpc) is 3.39. The van der Waals surface area contributed by atoms with Gasteiger partial charge in [0.2, 0.25) is 21.6 Å². The third-order valence-electron chi connectivity index (χ3n) is 3.92. The first-order chi connectivity index (χ1) is 14.4. The summed E-state index contributed by atoms with van der Waals surface area (Å²) in [5.74, 6) is -1.68.